The van der Waals surface area contributed by atoms with Crippen LogP contribution in [0.4, 0.5) is 13.2 Å². The van der Waals surface area contributed by atoms with E-state index in [4.69, 9.17) is 4.74 Å². The number of hydrogen-bond donors (Lipinski definition) is 0. The molecule has 5 heteroatoms. The first-order valence-corrected chi connectivity index (χ1v) is 7.19. The van der Waals surface area contributed by atoms with Gasteiger partial charge in [-0.05, 0) is 12.5 Å². The summed E-state index contributed by atoms with van der Waals surface area (Å²) < 4.78 is 44.8. The standard InChI is InChI=1S/C18H20F3NO/c1-4-9-15(18(19,20)21)13-16(23-12-5-2)17(22-3)14-10-7-6-8-11-14/h5-11,13H,2,4,12H2,1,3H3/b15-9-,16-13+,22-17?. The monoisotopic (exact) mass is 323 g/mol. The number of rotatable bonds is 7. The van der Waals surface area contributed by atoms with Crippen LogP contribution in [0.2, 0.25) is 0 Å². The summed E-state index contributed by atoms with van der Waals surface area (Å²) in [6.07, 6.45) is -0.598. The first-order valence-electron chi connectivity index (χ1n) is 7.19. The number of allylic oxidation sites excluding steroid dienone is 4. The number of halogens is 3. The third-order valence-corrected chi connectivity index (χ3v) is 2.90. The molecule has 23 heavy (non-hydrogen) atoms. The lowest BCUT2D eigenvalue weighted by atomic mass is 10.1. The fourth-order valence-electron chi connectivity index (χ4n) is 1.92. The Labute approximate surface area is 134 Å². The minimum Gasteiger partial charge on any atom is -0.487 e. The van der Waals surface area contributed by atoms with Crippen molar-refractivity contribution in [3.63, 3.8) is 0 Å². The molecule has 0 aliphatic carbocycles. The number of benzene rings is 1. The van der Waals surface area contributed by atoms with Gasteiger partial charge in [0.2, 0.25) is 0 Å². The van der Waals surface area contributed by atoms with E-state index in [2.05, 4.69) is 11.6 Å². The molecule has 1 aromatic rings. The Morgan fingerprint density at radius 1 is 1.26 bits per heavy atom. The molecule has 0 radical (unpaired) electrons. The second-order valence-corrected chi connectivity index (χ2v) is 4.61. The predicted octanol–water partition coefficient (Wildman–Crippen LogP) is 5.09. The van der Waals surface area contributed by atoms with E-state index in [0.29, 0.717) is 11.3 Å². The van der Waals surface area contributed by atoms with Crippen molar-refractivity contribution in [2.45, 2.75) is 19.5 Å². The van der Waals surface area contributed by atoms with Crippen LogP contribution < -0.4 is 0 Å². The molecule has 0 N–H and O–H groups in total. The summed E-state index contributed by atoms with van der Waals surface area (Å²) in [5.41, 5.74) is 0.290. The van der Waals surface area contributed by atoms with Crippen molar-refractivity contribution >= 4 is 5.71 Å². The lowest BCUT2D eigenvalue weighted by molar-refractivity contribution is -0.0886. The van der Waals surface area contributed by atoms with Crippen molar-refractivity contribution in [3.8, 4) is 0 Å². The van der Waals surface area contributed by atoms with Gasteiger partial charge in [-0.25, -0.2) is 0 Å². The topological polar surface area (TPSA) is 21.6 Å². The van der Waals surface area contributed by atoms with Crippen molar-refractivity contribution in [1.29, 1.82) is 0 Å². The fourth-order valence-corrected chi connectivity index (χ4v) is 1.92. The van der Waals surface area contributed by atoms with Gasteiger partial charge < -0.3 is 4.74 Å². The molecular formula is C18H20F3NO. The van der Waals surface area contributed by atoms with Crippen LogP contribution in [0, 0.1) is 0 Å². The van der Waals surface area contributed by atoms with Crippen LogP contribution in [0.5, 0.6) is 0 Å². The van der Waals surface area contributed by atoms with Crippen LogP contribution in [-0.2, 0) is 4.74 Å². The molecule has 124 valence electrons. The quantitative estimate of drug-likeness (QED) is 0.296. The molecule has 0 heterocycles. The van der Waals surface area contributed by atoms with Crippen LogP contribution in [0.1, 0.15) is 18.9 Å². The van der Waals surface area contributed by atoms with Crippen LogP contribution >= 0.6 is 0 Å². The second kappa shape index (κ2) is 8.98. The zero-order valence-corrected chi connectivity index (χ0v) is 13.2. The molecule has 0 aromatic heterocycles. The minimum absolute atomic E-state index is 0.0654. The predicted molar refractivity (Wildman–Crippen MR) is 87.6 cm³/mol. The van der Waals surface area contributed by atoms with Gasteiger partial charge in [0.05, 0.1) is 5.57 Å². The average molecular weight is 323 g/mol. The van der Waals surface area contributed by atoms with E-state index in [1.165, 1.54) is 13.1 Å². The van der Waals surface area contributed by atoms with Gasteiger partial charge in [0.1, 0.15) is 18.1 Å². The highest BCUT2D eigenvalue weighted by Crippen LogP contribution is 2.29. The number of hydrogen-bond acceptors (Lipinski definition) is 2. The summed E-state index contributed by atoms with van der Waals surface area (Å²) in [6, 6.07) is 8.94. The molecule has 0 aliphatic rings. The van der Waals surface area contributed by atoms with E-state index < -0.39 is 11.7 Å². The molecule has 1 rings (SSSR count). The molecule has 0 fully saturated rings. The van der Waals surface area contributed by atoms with E-state index >= 15 is 0 Å². The van der Waals surface area contributed by atoms with Gasteiger partial charge in [0.25, 0.3) is 0 Å². The fraction of sp³-hybridized carbons (Fsp3) is 0.278. The maximum Gasteiger partial charge on any atom is 0.416 e. The Kier molecular flexibility index (Phi) is 7.32. The summed E-state index contributed by atoms with van der Waals surface area (Å²) in [5, 5.41) is 0. The largest absolute Gasteiger partial charge is 0.487 e. The maximum atomic E-state index is 13.1. The first-order chi connectivity index (χ1) is 10.9. The Morgan fingerprint density at radius 3 is 2.39 bits per heavy atom. The Balaban J connectivity index is 3.34. The van der Waals surface area contributed by atoms with Gasteiger partial charge in [-0.15, -0.1) is 0 Å². The molecule has 2 nitrogen and oxygen atoms in total. The molecule has 0 amide bonds. The third kappa shape index (κ3) is 5.77. The summed E-state index contributed by atoms with van der Waals surface area (Å²) >= 11 is 0. The van der Waals surface area contributed by atoms with Gasteiger partial charge in [-0.2, -0.15) is 13.2 Å². The number of ether oxygens (including phenoxy) is 1. The highest BCUT2D eigenvalue weighted by atomic mass is 19.4. The van der Waals surface area contributed by atoms with Crippen molar-refractivity contribution in [3.05, 3.63) is 72.0 Å². The summed E-state index contributed by atoms with van der Waals surface area (Å²) in [6.45, 7) is 5.27. The highest BCUT2D eigenvalue weighted by molar-refractivity contribution is 6.11. The molecule has 0 spiro atoms. The van der Waals surface area contributed by atoms with Crippen molar-refractivity contribution in [2.24, 2.45) is 4.99 Å². The number of aliphatic imine (C=N–C) groups is 1. The summed E-state index contributed by atoms with van der Waals surface area (Å²) in [7, 11) is 1.52. The smallest absolute Gasteiger partial charge is 0.416 e. The van der Waals surface area contributed by atoms with Crippen molar-refractivity contribution in [1.82, 2.24) is 0 Å². The van der Waals surface area contributed by atoms with E-state index in [1.807, 2.05) is 6.07 Å². The van der Waals surface area contributed by atoms with Crippen LogP contribution in [0.15, 0.2) is 71.5 Å². The summed E-state index contributed by atoms with van der Waals surface area (Å²) in [5.74, 6) is 0.0654. The SMILES string of the molecule is C=CCO/C(=C/C(=C/CC)C(F)(F)F)C(=NC)c1ccccc1. The van der Waals surface area contributed by atoms with Crippen LogP contribution in [-0.4, -0.2) is 25.5 Å². The number of nitrogens with zero attached hydrogens (tertiary/aromatic N) is 1. The molecule has 0 unspecified atom stereocenters. The molecule has 0 aliphatic heterocycles. The summed E-state index contributed by atoms with van der Waals surface area (Å²) in [4.78, 5) is 4.10. The lowest BCUT2D eigenvalue weighted by Gasteiger charge is -2.14. The Morgan fingerprint density at radius 2 is 1.91 bits per heavy atom. The molecule has 0 bridgehead atoms. The van der Waals surface area contributed by atoms with Gasteiger partial charge in [-0.1, -0.05) is 56.0 Å². The van der Waals surface area contributed by atoms with E-state index in [-0.39, 0.29) is 18.8 Å². The van der Waals surface area contributed by atoms with Gasteiger partial charge in [0.15, 0.2) is 0 Å². The molecule has 0 saturated heterocycles. The highest BCUT2D eigenvalue weighted by Gasteiger charge is 2.32. The zero-order chi connectivity index (χ0) is 17.3. The minimum atomic E-state index is -4.45. The molecular weight excluding hydrogens is 303 g/mol. The van der Waals surface area contributed by atoms with Gasteiger partial charge >= 0.3 is 6.18 Å². The van der Waals surface area contributed by atoms with Crippen molar-refractivity contribution < 1.29 is 17.9 Å². The maximum absolute atomic E-state index is 13.1. The normalized spacial score (nSPS) is 13.9. The average Bonchev–Trinajstić information content (AvgIpc) is 2.52. The van der Waals surface area contributed by atoms with Gasteiger partial charge in [0, 0.05) is 12.6 Å². The molecule has 1 aromatic carbocycles. The lowest BCUT2D eigenvalue weighted by Crippen LogP contribution is -2.14. The van der Waals surface area contributed by atoms with Gasteiger partial charge in [-0.3, -0.25) is 4.99 Å². The van der Waals surface area contributed by atoms with E-state index in [0.717, 1.165) is 12.2 Å². The zero-order valence-electron chi connectivity index (χ0n) is 13.2. The molecule has 0 saturated carbocycles. The number of alkyl halides is 3. The third-order valence-electron chi connectivity index (χ3n) is 2.90. The Hall–Kier alpha value is -2.30. The van der Waals surface area contributed by atoms with E-state index in [9.17, 15) is 13.2 Å². The second-order valence-electron chi connectivity index (χ2n) is 4.61. The van der Waals surface area contributed by atoms with Crippen molar-refractivity contribution in [2.75, 3.05) is 13.7 Å². The van der Waals surface area contributed by atoms with Crippen LogP contribution in [0.3, 0.4) is 0 Å². The van der Waals surface area contributed by atoms with E-state index in [1.54, 1.807) is 31.2 Å². The molecule has 0 atom stereocenters. The Bertz CT molecular complexity index is 598. The van der Waals surface area contributed by atoms with Crippen LogP contribution in [0.25, 0.3) is 0 Å². The first kappa shape index (κ1) is 18.7.